The van der Waals surface area contributed by atoms with Crippen LogP contribution >= 0.6 is 0 Å². The Hall–Kier alpha value is -3.69. The van der Waals surface area contributed by atoms with Crippen molar-refractivity contribution in [2.24, 2.45) is 13.0 Å². The average molecular weight is 414 g/mol. The van der Waals surface area contributed by atoms with Crippen molar-refractivity contribution >= 4 is 35.3 Å². The molecule has 10 nitrogen and oxygen atoms in total. The van der Waals surface area contributed by atoms with Gasteiger partial charge in [-0.05, 0) is 19.1 Å². The normalized spacial score (nSPS) is 15.8. The lowest BCUT2D eigenvalue weighted by atomic mass is 10.1. The highest BCUT2D eigenvalue weighted by Crippen LogP contribution is 2.29. The van der Waals surface area contributed by atoms with Crippen LogP contribution in [0.1, 0.15) is 34.1 Å². The fourth-order valence-electron chi connectivity index (χ4n) is 3.27. The van der Waals surface area contributed by atoms with Crippen molar-refractivity contribution in [2.75, 3.05) is 30.5 Å². The topological polar surface area (TPSA) is 120 Å². The Kier molecular flexibility index (Phi) is 6.14. The van der Waals surface area contributed by atoms with E-state index in [1.54, 1.807) is 38.2 Å². The van der Waals surface area contributed by atoms with Gasteiger partial charge in [-0.3, -0.25) is 14.3 Å². The predicted octanol–water partition coefficient (Wildman–Crippen LogP) is 1.37. The highest BCUT2D eigenvalue weighted by atomic mass is 16.5. The van der Waals surface area contributed by atoms with Gasteiger partial charge in [-0.2, -0.15) is 5.10 Å². The molecule has 30 heavy (non-hydrogen) atoms. The Bertz CT molecular complexity index is 999. The number of benzene rings is 1. The van der Waals surface area contributed by atoms with Crippen molar-refractivity contribution in [3.8, 4) is 0 Å². The van der Waals surface area contributed by atoms with Gasteiger partial charge in [0.05, 0.1) is 37.1 Å². The van der Waals surface area contributed by atoms with E-state index in [0.29, 0.717) is 5.69 Å². The van der Waals surface area contributed by atoms with E-state index in [4.69, 9.17) is 9.47 Å². The minimum Gasteiger partial charge on any atom is -0.465 e. The molecule has 1 saturated heterocycles. The SMILES string of the molecule is CCOC(=O)c1cnn(C)c1NC(=O)C1CC(=O)N(c2ccccc2C(=O)OC)C1. The van der Waals surface area contributed by atoms with Crippen molar-refractivity contribution in [3.63, 3.8) is 0 Å². The Morgan fingerprint density at radius 3 is 2.63 bits per heavy atom. The minimum atomic E-state index is -0.673. The molecule has 0 saturated carbocycles. The first-order valence-corrected chi connectivity index (χ1v) is 9.35. The number of rotatable bonds is 6. The molecule has 10 heteroatoms. The molecule has 2 heterocycles. The third-order valence-electron chi connectivity index (χ3n) is 4.77. The van der Waals surface area contributed by atoms with Crippen LogP contribution in [-0.4, -0.2) is 53.8 Å². The monoisotopic (exact) mass is 414 g/mol. The van der Waals surface area contributed by atoms with Gasteiger partial charge < -0.3 is 19.7 Å². The first-order valence-electron chi connectivity index (χ1n) is 9.35. The molecule has 0 radical (unpaired) electrons. The molecular formula is C20H22N4O6. The zero-order valence-electron chi connectivity index (χ0n) is 16.9. The van der Waals surface area contributed by atoms with E-state index < -0.39 is 23.8 Å². The highest BCUT2D eigenvalue weighted by molar-refractivity contribution is 6.08. The van der Waals surface area contributed by atoms with Crippen molar-refractivity contribution in [2.45, 2.75) is 13.3 Å². The molecular weight excluding hydrogens is 392 g/mol. The summed E-state index contributed by atoms with van der Waals surface area (Å²) in [6.07, 6.45) is 1.28. The van der Waals surface area contributed by atoms with Gasteiger partial charge in [0.25, 0.3) is 0 Å². The van der Waals surface area contributed by atoms with E-state index in [9.17, 15) is 19.2 Å². The molecule has 1 atom stereocenters. The second kappa shape index (κ2) is 8.76. The number of hydrogen-bond donors (Lipinski definition) is 1. The van der Waals surface area contributed by atoms with Gasteiger partial charge in [0.1, 0.15) is 11.4 Å². The van der Waals surface area contributed by atoms with Crippen LogP contribution in [0.15, 0.2) is 30.5 Å². The van der Waals surface area contributed by atoms with Crippen LogP contribution in [-0.2, 0) is 26.1 Å². The molecule has 1 aromatic carbocycles. The quantitative estimate of drug-likeness (QED) is 0.709. The summed E-state index contributed by atoms with van der Waals surface area (Å²) in [7, 11) is 2.84. The molecule has 1 fully saturated rings. The molecule has 1 N–H and O–H groups in total. The zero-order valence-corrected chi connectivity index (χ0v) is 16.9. The third kappa shape index (κ3) is 4.02. The standard InChI is InChI=1S/C20H22N4O6/c1-4-30-20(28)14-10-21-23(2)17(14)22-18(26)12-9-16(25)24(11-12)15-8-6-5-7-13(15)19(27)29-3/h5-8,10,12H,4,9,11H2,1-3H3,(H,22,26). The van der Waals surface area contributed by atoms with Gasteiger partial charge in [0.2, 0.25) is 11.8 Å². The lowest BCUT2D eigenvalue weighted by Gasteiger charge is -2.19. The maximum atomic E-state index is 12.8. The lowest BCUT2D eigenvalue weighted by molar-refractivity contribution is -0.122. The smallest absolute Gasteiger partial charge is 0.343 e. The minimum absolute atomic E-state index is 0.0338. The lowest BCUT2D eigenvalue weighted by Crippen LogP contribution is -2.30. The van der Waals surface area contributed by atoms with E-state index in [1.165, 1.54) is 22.9 Å². The Balaban J connectivity index is 1.78. The molecule has 0 aliphatic carbocycles. The van der Waals surface area contributed by atoms with E-state index in [1.807, 2.05) is 0 Å². The number of carbonyl (C=O) groups excluding carboxylic acids is 4. The summed E-state index contributed by atoms with van der Waals surface area (Å²) in [5.41, 5.74) is 0.757. The van der Waals surface area contributed by atoms with Crippen LogP contribution in [0.25, 0.3) is 0 Å². The van der Waals surface area contributed by atoms with E-state index >= 15 is 0 Å². The van der Waals surface area contributed by atoms with E-state index in [0.717, 1.165) is 0 Å². The van der Waals surface area contributed by atoms with Crippen LogP contribution in [0.4, 0.5) is 11.5 Å². The van der Waals surface area contributed by atoms with Crippen LogP contribution in [0.5, 0.6) is 0 Å². The summed E-state index contributed by atoms with van der Waals surface area (Å²) < 4.78 is 11.1. The number of nitrogens with zero attached hydrogens (tertiary/aromatic N) is 3. The summed E-state index contributed by atoms with van der Waals surface area (Å²) in [5, 5.41) is 6.66. The molecule has 0 spiro atoms. The number of para-hydroxylation sites is 1. The number of aryl methyl sites for hydroxylation is 1. The van der Waals surface area contributed by atoms with Crippen LogP contribution < -0.4 is 10.2 Å². The van der Waals surface area contributed by atoms with Crippen LogP contribution in [0, 0.1) is 5.92 Å². The first-order chi connectivity index (χ1) is 14.4. The van der Waals surface area contributed by atoms with Gasteiger partial charge in [0, 0.05) is 20.0 Å². The number of esters is 2. The molecule has 1 aliphatic heterocycles. The van der Waals surface area contributed by atoms with Crippen LogP contribution in [0.3, 0.4) is 0 Å². The van der Waals surface area contributed by atoms with E-state index in [-0.39, 0.29) is 42.4 Å². The number of hydrogen-bond acceptors (Lipinski definition) is 7. The number of ether oxygens (including phenoxy) is 2. The first kappa shape index (κ1) is 21.0. The highest BCUT2D eigenvalue weighted by Gasteiger charge is 2.37. The molecule has 2 amide bonds. The number of amides is 2. The second-order valence-corrected chi connectivity index (χ2v) is 6.65. The number of anilines is 2. The van der Waals surface area contributed by atoms with Crippen molar-refractivity contribution in [1.29, 1.82) is 0 Å². The molecule has 1 aromatic heterocycles. The Morgan fingerprint density at radius 2 is 1.93 bits per heavy atom. The number of aromatic nitrogens is 2. The number of methoxy groups -OCH3 is 1. The summed E-state index contributed by atoms with van der Waals surface area (Å²) >= 11 is 0. The second-order valence-electron chi connectivity index (χ2n) is 6.65. The van der Waals surface area contributed by atoms with Crippen molar-refractivity contribution in [3.05, 3.63) is 41.6 Å². The molecule has 1 unspecified atom stereocenters. The summed E-state index contributed by atoms with van der Waals surface area (Å²) in [4.78, 5) is 50.9. The largest absolute Gasteiger partial charge is 0.465 e. The van der Waals surface area contributed by atoms with Gasteiger partial charge >= 0.3 is 11.9 Å². The molecule has 2 aromatic rings. The molecule has 0 bridgehead atoms. The summed E-state index contributed by atoms with van der Waals surface area (Å²) in [5.74, 6) is -2.37. The fraction of sp³-hybridized carbons (Fsp3) is 0.350. The van der Waals surface area contributed by atoms with Gasteiger partial charge in [-0.15, -0.1) is 0 Å². The maximum absolute atomic E-state index is 12.8. The van der Waals surface area contributed by atoms with Crippen LogP contribution in [0.2, 0.25) is 0 Å². The number of carbonyl (C=O) groups is 4. The number of nitrogens with one attached hydrogen (secondary N) is 1. The molecule has 158 valence electrons. The zero-order chi connectivity index (χ0) is 21.8. The van der Waals surface area contributed by atoms with Gasteiger partial charge in [-0.1, -0.05) is 12.1 Å². The van der Waals surface area contributed by atoms with Gasteiger partial charge in [0.15, 0.2) is 0 Å². The predicted molar refractivity (Wildman–Crippen MR) is 106 cm³/mol. The Morgan fingerprint density at radius 1 is 1.20 bits per heavy atom. The molecule has 1 aliphatic rings. The van der Waals surface area contributed by atoms with Gasteiger partial charge in [-0.25, -0.2) is 9.59 Å². The maximum Gasteiger partial charge on any atom is 0.343 e. The van der Waals surface area contributed by atoms with E-state index in [2.05, 4.69) is 10.4 Å². The van der Waals surface area contributed by atoms with Crippen molar-refractivity contribution < 1.29 is 28.7 Å². The van der Waals surface area contributed by atoms with Crippen molar-refractivity contribution in [1.82, 2.24) is 9.78 Å². The third-order valence-corrected chi connectivity index (χ3v) is 4.77. The Labute approximate surface area is 172 Å². The molecule has 3 rings (SSSR count). The fourth-order valence-corrected chi connectivity index (χ4v) is 3.27. The average Bonchev–Trinajstić information content (AvgIpc) is 3.30. The summed E-state index contributed by atoms with van der Waals surface area (Å²) in [6, 6.07) is 6.55. The summed E-state index contributed by atoms with van der Waals surface area (Å²) in [6.45, 7) is 1.95.